The van der Waals surface area contributed by atoms with Crippen molar-refractivity contribution in [2.75, 3.05) is 6.61 Å². The molecule has 64 valence electrons. The highest BCUT2D eigenvalue weighted by atomic mass is 28.2. The molecule has 0 N–H and O–H groups in total. The summed E-state index contributed by atoms with van der Waals surface area (Å²) >= 11 is 0. The summed E-state index contributed by atoms with van der Waals surface area (Å²) in [7, 11) is 0.710. The SMILES string of the molecule is CCC=CCCO[Si]CCC. The molecule has 0 aliphatic rings. The molecule has 0 aromatic heterocycles. The summed E-state index contributed by atoms with van der Waals surface area (Å²) in [6.45, 7) is 5.23. The van der Waals surface area contributed by atoms with Gasteiger partial charge in [-0.1, -0.05) is 32.4 Å². The lowest BCUT2D eigenvalue weighted by atomic mass is 10.3. The predicted molar refractivity (Wildman–Crippen MR) is 50.9 cm³/mol. The topological polar surface area (TPSA) is 9.23 Å². The Morgan fingerprint density at radius 1 is 1.27 bits per heavy atom. The molecule has 0 rings (SSSR count). The fourth-order valence-electron chi connectivity index (χ4n) is 0.658. The van der Waals surface area contributed by atoms with Crippen LogP contribution in [0.4, 0.5) is 0 Å². The molecule has 11 heavy (non-hydrogen) atoms. The number of rotatable bonds is 7. The van der Waals surface area contributed by atoms with Gasteiger partial charge in [0.1, 0.15) is 0 Å². The van der Waals surface area contributed by atoms with Crippen LogP contribution in [0.25, 0.3) is 0 Å². The van der Waals surface area contributed by atoms with Crippen LogP contribution in [0.3, 0.4) is 0 Å². The van der Waals surface area contributed by atoms with Crippen LogP contribution >= 0.6 is 0 Å². The van der Waals surface area contributed by atoms with Gasteiger partial charge in [-0.25, -0.2) is 0 Å². The van der Waals surface area contributed by atoms with Gasteiger partial charge < -0.3 is 4.43 Å². The maximum Gasteiger partial charge on any atom is 0.229 e. The van der Waals surface area contributed by atoms with Gasteiger partial charge in [0.15, 0.2) is 0 Å². The molecule has 0 aromatic carbocycles. The number of hydrogen-bond acceptors (Lipinski definition) is 1. The van der Waals surface area contributed by atoms with E-state index in [0.29, 0.717) is 9.76 Å². The molecule has 0 bridgehead atoms. The van der Waals surface area contributed by atoms with Gasteiger partial charge in [0.25, 0.3) is 0 Å². The average Bonchev–Trinajstić information content (AvgIpc) is 2.03. The van der Waals surface area contributed by atoms with Crippen LogP contribution in [-0.2, 0) is 4.43 Å². The molecule has 0 fully saturated rings. The minimum atomic E-state index is 0.710. The largest absolute Gasteiger partial charge is 0.417 e. The summed E-state index contributed by atoms with van der Waals surface area (Å²) in [6.07, 6.45) is 7.83. The van der Waals surface area contributed by atoms with Crippen LogP contribution < -0.4 is 0 Å². The average molecular weight is 170 g/mol. The molecular weight excluding hydrogens is 152 g/mol. The molecule has 0 aliphatic heterocycles. The van der Waals surface area contributed by atoms with E-state index in [-0.39, 0.29) is 0 Å². The van der Waals surface area contributed by atoms with Crippen LogP contribution in [0.1, 0.15) is 33.1 Å². The van der Waals surface area contributed by atoms with Gasteiger partial charge in [-0.3, -0.25) is 0 Å². The molecule has 0 amide bonds. The van der Waals surface area contributed by atoms with Gasteiger partial charge in [0.05, 0.1) is 0 Å². The first kappa shape index (κ1) is 10.9. The van der Waals surface area contributed by atoms with Crippen molar-refractivity contribution in [3.8, 4) is 0 Å². The minimum Gasteiger partial charge on any atom is -0.417 e. The van der Waals surface area contributed by atoms with Crippen LogP contribution in [0.5, 0.6) is 0 Å². The number of allylic oxidation sites excluding steroid dienone is 1. The molecule has 0 saturated heterocycles. The molecule has 0 aromatic rings. The van der Waals surface area contributed by atoms with Crippen molar-refractivity contribution in [3.05, 3.63) is 12.2 Å². The molecule has 2 radical (unpaired) electrons. The Bertz CT molecular complexity index is 91.6. The molecule has 0 spiro atoms. The van der Waals surface area contributed by atoms with E-state index in [1.54, 1.807) is 0 Å². The Kier molecular flexibility index (Phi) is 9.84. The second kappa shape index (κ2) is 9.92. The van der Waals surface area contributed by atoms with E-state index >= 15 is 0 Å². The highest BCUT2D eigenvalue weighted by Crippen LogP contribution is 1.90. The Balaban J connectivity index is 2.85. The van der Waals surface area contributed by atoms with Crippen molar-refractivity contribution >= 4 is 9.76 Å². The van der Waals surface area contributed by atoms with E-state index in [4.69, 9.17) is 4.43 Å². The van der Waals surface area contributed by atoms with Gasteiger partial charge in [0.2, 0.25) is 9.76 Å². The first-order valence-electron chi connectivity index (χ1n) is 4.41. The number of hydrogen-bond donors (Lipinski definition) is 0. The summed E-state index contributed by atoms with van der Waals surface area (Å²) in [4.78, 5) is 0. The smallest absolute Gasteiger partial charge is 0.229 e. The quantitative estimate of drug-likeness (QED) is 0.324. The third kappa shape index (κ3) is 9.92. The summed E-state index contributed by atoms with van der Waals surface area (Å²) in [6, 6.07) is 1.22. The highest BCUT2D eigenvalue weighted by Gasteiger charge is 1.86. The van der Waals surface area contributed by atoms with Gasteiger partial charge in [0, 0.05) is 6.61 Å². The van der Waals surface area contributed by atoms with Gasteiger partial charge in [-0.15, -0.1) is 0 Å². The lowest BCUT2D eigenvalue weighted by Gasteiger charge is -1.97. The summed E-state index contributed by atoms with van der Waals surface area (Å²) < 4.78 is 5.40. The zero-order valence-corrected chi connectivity index (χ0v) is 8.60. The van der Waals surface area contributed by atoms with Crippen LogP contribution in [-0.4, -0.2) is 16.4 Å². The molecule has 1 nitrogen and oxygen atoms in total. The lowest BCUT2D eigenvalue weighted by molar-refractivity contribution is 0.342. The molecule has 2 heteroatoms. The monoisotopic (exact) mass is 170 g/mol. The van der Waals surface area contributed by atoms with E-state index in [2.05, 4.69) is 26.0 Å². The van der Waals surface area contributed by atoms with Crippen LogP contribution in [0.15, 0.2) is 12.2 Å². The van der Waals surface area contributed by atoms with E-state index in [0.717, 1.165) is 19.4 Å². The Labute approximate surface area is 72.8 Å². The molecule has 0 heterocycles. The zero-order chi connectivity index (χ0) is 8.36. The third-order valence-corrected chi connectivity index (χ3v) is 2.36. The third-order valence-electron chi connectivity index (χ3n) is 1.24. The predicted octanol–water partition coefficient (Wildman–Crippen LogP) is 2.81. The van der Waals surface area contributed by atoms with Crippen molar-refractivity contribution in [1.29, 1.82) is 0 Å². The van der Waals surface area contributed by atoms with E-state index in [1.165, 1.54) is 12.5 Å². The van der Waals surface area contributed by atoms with Crippen molar-refractivity contribution in [2.24, 2.45) is 0 Å². The van der Waals surface area contributed by atoms with E-state index in [9.17, 15) is 0 Å². The van der Waals surface area contributed by atoms with Crippen molar-refractivity contribution in [2.45, 2.75) is 39.2 Å². The second-order valence-electron chi connectivity index (χ2n) is 2.41. The maximum atomic E-state index is 5.40. The molecular formula is C9H18OSi. The maximum absolute atomic E-state index is 5.40. The van der Waals surface area contributed by atoms with Gasteiger partial charge in [-0.05, 0) is 18.9 Å². The summed E-state index contributed by atoms with van der Waals surface area (Å²) in [5.74, 6) is 0. The highest BCUT2D eigenvalue weighted by molar-refractivity contribution is 6.26. The molecule has 0 unspecified atom stereocenters. The fourth-order valence-corrected chi connectivity index (χ4v) is 1.27. The minimum absolute atomic E-state index is 0.710. The molecule has 0 aliphatic carbocycles. The van der Waals surface area contributed by atoms with E-state index in [1.807, 2.05) is 0 Å². The zero-order valence-electron chi connectivity index (χ0n) is 7.60. The first-order valence-corrected chi connectivity index (χ1v) is 5.53. The Morgan fingerprint density at radius 2 is 2.09 bits per heavy atom. The van der Waals surface area contributed by atoms with Crippen molar-refractivity contribution in [3.63, 3.8) is 0 Å². The molecule has 0 atom stereocenters. The van der Waals surface area contributed by atoms with E-state index < -0.39 is 0 Å². The normalized spacial score (nSPS) is 11.1. The standard InChI is InChI=1S/C9H18OSi/c1-3-5-6-7-8-10-11-9-4-2/h5-6H,3-4,7-9H2,1-2H3. The van der Waals surface area contributed by atoms with Crippen LogP contribution in [0, 0.1) is 0 Å². The van der Waals surface area contributed by atoms with Crippen molar-refractivity contribution in [1.82, 2.24) is 0 Å². The molecule has 0 saturated carbocycles. The fraction of sp³-hybridized carbons (Fsp3) is 0.778. The van der Waals surface area contributed by atoms with Gasteiger partial charge >= 0.3 is 0 Å². The summed E-state index contributed by atoms with van der Waals surface area (Å²) in [5, 5.41) is 0. The Hall–Kier alpha value is -0.0831. The van der Waals surface area contributed by atoms with Crippen LogP contribution in [0.2, 0.25) is 6.04 Å². The Morgan fingerprint density at radius 3 is 2.73 bits per heavy atom. The van der Waals surface area contributed by atoms with Crippen molar-refractivity contribution < 1.29 is 4.43 Å². The van der Waals surface area contributed by atoms with Gasteiger partial charge in [-0.2, -0.15) is 0 Å². The second-order valence-corrected chi connectivity index (χ2v) is 3.49. The first-order chi connectivity index (χ1) is 5.41. The lowest BCUT2D eigenvalue weighted by Crippen LogP contribution is -1.98. The summed E-state index contributed by atoms with van der Waals surface area (Å²) in [5.41, 5.74) is 0.